The monoisotopic (exact) mass is 1230 g/mol. The summed E-state index contributed by atoms with van der Waals surface area (Å²) in [7, 11) is -13.9. The predicted molar refractivity (Wildman–Crippen MR) is 309 cm³/mol. The van der Waals surface area contributed by atoms with Gasteiger partial charge in [-0.3, -0.25) is 45.3 Å². The number of hydrogen-bond donors (Lipinski definition) is 1. The van der Waals surface area contributed by atoms with Gasteiger partial charge in [0.25, 0.3) is 0 Å². The van der Waals surface area contributed by atoms with Gasteiger partial charge in [-0.15, -0.1) is 0 Å². The van der Waals surface area contributed by atoms with Crippen LogP contribution in [0.5, 0.6) is 0 Å². The Balaban J connectivity index is 0.934. The summed E-state index contributed by atoms with van der Waals surface area (Å²) in [6.07, 6.45) is -9.05. The number of nitrogens with zero attached hydrogens (tertiary/aromatic N) is 4. The predicted octanol–water partition coefficient (Wildman–Crippen LogP) is 11.6. The Morgan fingerprint density at radius 2 is 0.930 bits per heavy atom. The molecule has 2 fully saturated rings. The first-order valence-corrected chi connectivity index (χ1v) is 32.5. The molecule has 13 rings (SSSR count). The normalized spacial score (nSPS) is 25.9. The van der Waals surface area contributed by atoms with Crippen LogP contribution in [0.2, 0.25) is 0 Å². The fourth-order valence-corrected chi connectivity index (χ4v) is 14.9. The third-order valence-corrected chi connectivity index (χ3v) is 19.6. The molecule has 0 amide bonds. The molecular formula is C61H62N5O17P3. The van der Waals surface area contributed by atoms with Crippen molar-refractivity contribution >= 4 is 40.4 Å². The van der Waals surface area contributed by atoms with Crippen molar-refractivity contribution < 1.29 is 78.1 Å². The van der Waals surface area contributed by atoms with Crippen molar-refractivity contribution in [2.75, 3.05) is 12.3 Å². The molecule has 2 aromatic heterocycles. The maximum atomic E-state index is 15.5. The zero-order chi connectivity index (χ0) is 58.5. The molecule has 0 unspecified atom stereocenters. The van der Waals surface area contributed by atoms with Crippen molar-refractivity contribution in [1.29, 1.82) is 0 Å². The van der Waals surface area contributed by atoms with Crippen molar-refractivity contribution in [3.8, 4) is 0 Å². The van der Waals surface area contributed by atoms with E-state index in [9.17, 15) is 0 Å². The molecule has 0 radical (unpaired) electrons. The van der Waals surface area contributed by atoms with Crippen LogP contribution in [0.1, 0.15) is 62.7 Å². The van der Waals surface area contributed by atoms with Crippen LogP contribution in [-0.2, 0) is 137 Å². The molecule has 7 heterocycles. The first kappa shape index (κ1) is 58.8. The van der Waals surface area contributed by atoms with Gasteiger partial charge in [0.2, 0.25) is 0 Å². The molecule has 8 aromatic rings. The molecule has 86 heavy (non-hydrogen) atoms. The summed E-state index contributed by atoms with van der Waals surface area (Å²) < 4.78 is 140. The van der Waals surface area contributed by atoms with Crippen molar-refractivity contribution in [3.05, 3.63) is 227 Å². The number of anilines is 1. The van der Waals surface area contributed by atoms with Crippen LogP contribution in [0.25, 0.3) is 11.2 Å². The van der Waals surface area contributed by atoms with Crippen LogP contribution in [-0.4, -0.2) is 75.1 Å². The fraction of sp³-hybridized carbons (Fsp3) is 0.328. The highest BCUT2D eigenvalue weighted by molar-refractivity contribution is 7.49. The van der Waals surface area contributed by atoms with Gasteiger partial charge in [0.05, 0.1) is 71.9 Å². The van der Waals surface area contributed by atoms with E-state index in [1.54, 1.807) is 4.57 Å². The fourth-order valence-electron chi connectivity index (χ4n) is 10.9. The Morgan fingerprint density at radius 3 is 1.44 bits per heavy atom. The minimum absolute atomic E-state index is 0.0864. The molecule has 2 N–H and O–H groups in total. The maximum Gasteiger partial charge on any atom is 0.475 e. The van der Waals surface area contributed by atoms with Gasteiger partial charge in [0.15, 0.2) is 24.0 Å². The van der Waals surface area contributed by atoms with Crippen LogP contribution in [0.3, 0.4) is 0 Å². The molecule has 25 heteroatoms. The summed E-state index contributed by atoms with van der Waals surface area (Å²) in [4.78, 5) is 13.3. The van der Waals surface area contributed by atoms with Gasteiger partial charge in [-0.25, -0.2) is 28.6 Å². The summed E-state index contributed by atoms with van der Waals surface area (Å²) in [5.74, 6) is 0.104. The highest BCUT2D eigenvalue weighted by Gasteiger charge is 2.59. The lowest BCUT2D eigenvalue weighted by Crippen LogP contribution is -2.62. The van der Waals surface area contributed by atoms with Gasteiger partial charge >= 0.3 is 23.5 Å². The Kier molecular flexibility index (Phi) is 17.9. The average molecular weight is 1230 g/mol. The second kappa shape index (κ2) is 26.2. The SMILES string of the molecule is Nc1ncnc2c1ncn2[C@@H]1O[C@H](CCc2ccccc2)[C@@H](O[C@H]2O[C@H](COCc3ccccc3)[C@@H](OP3(=O)OCc4ccccc4CO3)[C@H](OP3(=O)OCc4ccccc4CO3)[C@H]2OCc2ccccc2)[C@H]1OP1(=O)OCc2ccccc2CO1. The van der Waals surface area contributed by atoms with Crippen LogP contribution >= 0.6 is 23.5 Å². The van der Waals surface area contributed by atoms with E-state index < -0.39 is 78.7 Å². The van der Waals surface area contributed by atoms with Gasteiger partial charge in [0.1, 0.15) is 48.5 Å². The second-order valence-corrected chi connectivity index (χ2v) is 25.9. The van der Waals surface area contributed by atoms with E-state index in [2.05, 4.69) is 15.0 Å². The van der Waals surface area contributed by atoms with Gasteiger partial charge in [0, 0.05) is 0 Å². The lowest BCUT2D eigenvalue weighted by atomic mass is 9.98. The van der Waals surface area contributed by atoms with E-state index in [1.807, 2.05) is 164 Å². The number of phosphoric acid groups is 3. The van der Waals surface area contributed by atoms with Gasteiger partial charge in [-0.05, 0) is 62.9 Å². The number of nitrogens with two attached hydrogens (primary N) is 1. The van der Waals surface area contributed by atoms with Gasteiger partial charge in [-0.2, -0.15) is 0 Å². The second-order valence-electron chi connectivity index (χ2n) is 21.1. The third-order valence-electron chi connectivity index (χ3n) is 15.4. The Labute approximate surface area is 495 Å². The number of benzene rings is 6. The van der Waals surface area contributed by atoms with Crippen molar-refractivity contribution in [1.82, 2.24) is 19.5 Å². The smallest absolute Gasteiger partial charge is 0.382 e. The number of rotatable bonds is 19. The largest absolute Gasteiger partial charge is 0.475 e. The third kappa shape index (κ3) is 13.4. The van der Waals surface area contributed by atoms with E-state index in [4.69, 9.17) is 70.1 Å². The summed E-state index contributed by atoms with van der Waals surface area (Å²) in [5, 5.41) is 0. The molecule has 9 atom stereocenters. The van der Waals surface area contributed by atoms with Gasteiger partial charge in [-0.1, -0.05) is 164 Å². The average Bonchev–Trinajstić information content (AvgIpc) is 1.63. The lowest BCUT2D eigenvalue weighted by Gasteiger charge is -2.47. The van der Waals surface area contributed by atoms with Crippen LogP contribution < -0.4 is 5.73 Å². The molecular weight excluding hydrogens is 1170 g/mol. The summed E-state index contributed by atoms with van der Waals surface area (Å²) in [5.41, 5.74) is 13.8. The number of hydrogen-bond acceptors (Lipinski definition) is 21. The minimum Gasteiger partial charge on any atom is -0.382 e. The zero-order valence-corrected chi connectivity index (χ0v) is 49.0. The zero-order valence-electron chi connectivity index (χ0n) is 46.4. The molecule has 0 bridgehead atoms. The van der Waals surface area contributed by atoms with Crippen LogP contribution in [0.15, 0.2) is 176 Å². The van der Waals surface area contributed by atoms with Crippen molar-refractivity contribution in [3.63, 3.8) is 0 Å². The van der Waals surface area contributed by atoms with Crippen molar-refractivity contribution in [2.45, 2.75) is 121 Å². The quantitative estimate of drug-likeness (QED) is 0.0739. The Hall–Kier alpha value is -6.20. The topological polar surface area (TPSA) is 250 Å². The molecule has 5 aliphatic rings. The number of imidazole rings is 1. The number of aryl methyl sites for hydroxylation is 1. The molecule has 0 aliphatic carbocycles. The standard InChI is InChI=1S/C61H62N5O17P3/c62-58-52-59(64-39-63-58)66(40-65-52)60-56(83-86(69)76-36-48-26-14-15-27-49(48)37-77-86)53(50(78-60)29-28-41-16-4-1-5-17-41)80-61-57(71-31-43-20-8-3-9-21-43)55(82-85(68)74-34-46-24-12-13-25-47(46)35-75-85)54(51(79-61)38-70-30-42-18-6-2-7-19-42)81-84(67)72-32-44-22-10-11-23-45(44)33-73-84/h1-27,39-40,50-51,53-57,60-61H,28-38H2,(H2,62,63,64)/t50-,51-,53-,54-,55+,56-,57-,60-,61-/m1/s1. The van der Waals surface area contributed by atoms with Crippen molar-refractivity contribution in [2.24, 2.45) is 0 Å². The number of ether oxygens (including phenoxy) is 5. The van der Waals surface area contributed by atoms with E-state index in [-0.39, 0.29) is 82.9 Å². The minimum atomic E-state index is -4.71. The van der Waals surface area contributed by atoms with E-state index in [1.165, 1.54) is 12.7 Å². The Morgan fingerprint density at radius 1 is 0.477 bits per heavy atom. The van der Waals surface area contributed by atoms with Crippen LogP contribution in [0, 0.1) is 0 Å². The number of fused-ring (bicyclic) bond motifs is 4. The van der Waals surface area contributed by atoms with E-state index in [0.717, 1.165) is 44.5 Å². The molecule has 22 nitrogen and oxygen atoms in total. The van der Waals surface area contributed by atoms with Gasteiger partial charge < -0.3 is 29.4 Å². The summed E-state index contributed by atoms with van der Waals surface area (Å²) in [6.45, 7) is -1.17. The molecule has 0 saturated carbocycles. The first-order valence-electron chi connectivity index (χ1n) is 28.2. The lowest BCUT2D eigenvalue weighted by molar-refractivity contribution is -0.324. The number of phosphoric ester groups is 3. The van der Waals surface area contributed by atoms with E-state index >= 15 is 13.7 Å². The summed E-state index contributed by atoms with van der Waals surface area (Å²) >= 11 is 0. The first-order chi connectivity index (χ1) is 42.0. The van der Waals surface area contributed by atoms with E-state index in [0.29, 0.717) is 12.0 Å². The number of aromatic nitrogens is 4. The Bertz CT molecular complexity index is 3670. The molecule has 6 aromatic carbocycles. The maximum absolute atomic E-state index is 15.5. The highest BCUT2D eigenvalue weighted by atomic mass is 31.2. The molecule has 448 valence electrons. The molecule has 2 saturated heterocycles. The number of nitrogen functional groups attached to an aromatic ring is 1. The highest BCUT2D eigenvalue weighted by Crippen LogP contribution is 2.61. The molecule has 0 spiro atoms. The van der Waals surface area contributed by atoms with Crippen LogP contribution in [0.4, 0.5) is 5.82 Å². The molecule has 5 aliphatic heterocycles. The summed E-state index contributed by atoms with van der Waals surface area (Å²) in [6, 6.07) is 50.6.